The van der Waals surface area contributed by atoms with Crippen molar-refractivity contribution in [1.82, 2.24) is 15.1 Å². The molecule has 1 aromatic heterocycles. The molecule has 3 fully saturated rings. The lowest BCUT2D eigenvalue weighted by molar-refractivity contribution is -0.137. The summed E-state index contributed by atoms with van der Waals surface area (Å²) >= 11 is 0. The van der Waals surface area contributed by atoms with Crippen molar-refractivity contribution in [3.63, 3.8) is 0 Å². The van der Waals surface area contributed by atoms with Crippen LogP contribution in [0.3, 0.4) is 0 Å². The number of amides is 1. The van der Waals surface area contributed by atoms with E-state index in [2.05, 4.69) is 62.4 Å². The van der Waals surface area contributed by atoms with Gasteiger partial charge in [-0.2, -0.15) is 5.10 Å². The van der Waals surface area contributed by atoms with Crippen molar-refractivity contribution in [2.24, 2.45) is 28.6 Å². The van der Waals surface area contributed by atoms with Gasteiger partial charge in [-0.1, -0.05) is 52.0 Å². The van der Waals surface area contributed by atoms with Crippen LogP contribution in [-0.4, -0.2) is 28.3 Å². The van der Waals surface area contributed by atoms with Crippen molar-refractivity contribution < 1.29 is 9.53 Å². The molecule has 2 bridgehead atoms. The summed E-state index contributed by atoms with van der Waals surface area (Å²) in [6.07, 6.45) is 8.00. The number of aromatic nitrogens is 2. The number of hydrogen-bond donors (Lipinski definition) is 1. The van der Waals surface area contributed by atoms with Crippen LogP contribution in [0.2, 0.25) is 0 Å². The van der Waals surface area contributed by atoms with E-state index >= 15 is 0 Å². The second kappa shape index (κ2) is 8.02. The van der Waals surface area contributed by atoms with Crippen LogP contribution in [0.5, 0.6) is 0 Å². The van der Waals surface area contributed by atoms with Crippen LogP contribution in [0.1, 0.15) is 70.6 Å². The molecular weight excluding hydrogens is 398 g/mol. The fraction of sp³-hybridized carbons (Fsp3) is 0.630. The molecule has 1 N–H and O–H groups in total. The Labute approximate surface area is 191 Å². The highest BCUT2D eigenvalue weighted by Gasteiger charge is 2.68. The number of rotatable bonds is 6. The van der Waals surface area contributed by atoms with E-state index in [9.17, 15) is 4.79 Å². The quantitative estimate of drug-likeness (QED) is 0.696. The van der Waals surface area contributed by atoms with Gasteiger partial charge in [0.25, 0.3) is 0 Å². The summed E-state index contributed by atoms with van der Waals surface area (Å²) in [5.74, 6) is 1.70. The highest BCUT2D eigenvalue weighted by atomic mass is 16.5. The molecule has 1 amide bonds. The molecule has 3 aliphatic rings. The van der Waals surface area contributed by atoms with E-state index in [0.717, 1.165) is 19.6 Å². The Morgan fingerprint density at radius 1 is 1.28 bits per heavy atom. The Kier molecular flexibility index (Phi) is 5.43. The highest BCUT2D eigenvalue weighted by Crippen LogP contribution is 2.70. The first-order valence-electron chi connectivity index (χ1n) is 12.3. The lowest BCUT2D eigenvalue weighted by atomic mass is 9.58. The van der Waals surface area contributed by atoms with Crippen LogP contribution in [-0.2, 0) is 16.1 Å². The minimum atomic E-state index is 0.119. The molecule has 5 nitrogen and oxygen atoms in total. The monoisotopic (exact) mass is 435 g/mol. The summed E-state index contributed by atoms with van der Waals surface area (Å²) in [5, 5.41) is 7.84. The van der Waals surface area contributed by atoms with Crippen molar-refractivity contribution in [3.05, 3.63) is 53.9 Å². The predicted molar refractivity (Wildman–Crippen MR) is 125 cm³/mol. The standard InChI is InChI=1S/C27H37N3O2/c1-18(2)14-23(31)29-25-26(3,4)21-15-22-24(32-13-10-27(22,25)16-21)20-8-6-19(7-9-20)17-30-12-5-11-28-30/h5-9,11-12,18,21-22,24-25H,10,13-17H2,1-4H3,(H,29,31)/t21-,22-,24-,25+,27?/m1/s1. The molecule has 0 radical (unpaired) electrons. The summed E-state index contributed by atoms with van der Waals surface area (Å²) < 4.78 is 8.37. The van der Waals surface area contributed by atoms with Gasteiger partial charge in [0.15, 0.2) is 0 Å². The maximum absolute atomic E-state index is 12.8. The third-order valence-corrected chi connectivity index (χ3v) is 8.62. The van der Waals surface area contributed by atoms with Crippen LogP contribution in [0.25, 0.3) is 0 Å². The van der Waals surface area contributed by atoms with Crippen molar-refractivity contribution in [2.45, 2.75) is 72.1 Å². The van der Waals surface area contributed by atoms with Gasteiger partial charge in [0.1, 0.15) is 0 Å². The first-order valence-corrected chi connectivity index (χ1v) is 12.3. The second-order valence-corrected chi connectivity index (χ2v) is 11.4. The summed E-state index contributed by atoms with van der Waals surface area (Å²) in [7, 11) is 0. The van der Waals surface area contributed by atoms with E-state index in [1.807, 2.05) is 23.1 Å². The van der Waals surface area contributed by atoms with Gasteiger partial charge in [-0.3, -0.25) is 9.48 Å². The Bertz CT molecular complexity index is 950. The maximum Gasteiger partial charge on any atom is 0.220 e. The summed E-state index contributed by atoms with van der Waals surface area (Å²) in [6, 6.07) is 11.1. The van der Waals surface area contributed by atoms with Crippen LogP contribution in [0, 0.1) is 28.6 Å². The fourth-order valence-corrected chi connectivity index (χ4v) is 7.10. The molecule has 1 saturated heterocycles. The molecular formula is C27H37N3O2. The number of nitrogens with one attached hydrogen (secondary N) is 1. The molecule has 172 valence electrons. The van der Waals surface area contributed by atoms with Gasteiger partial charge in [0.05, 0.1) is 12.6 Å². The lowest BCUT2D eigenvalue weighted by Crippen LogP contribution is -2.59. The SMILES string of the molecule is CC(C)CC(=O)N[C@H]1C(C)(C)[C@@H]2C[C@@H]3[C@@H](c4ccc(Cn5cccn5)cc4)OCCC31C2. The summed E-state index contributed by atoms with van der Waals surface area (Å²) in [6.45, 7) is 10.5. The number of benzene rings is 1. The molecule has 2 saturated carbocycles. The van der Waals surface area contributed by atoms with Gasteiger partial charge >= 0.3 is 0 Å². The highest BCUT2D eigenvalue weighted by molar-refractivity contribution is 5.76. The average molecular weight is 436 g/mol. The second-order valence-electron chi connectivity index (χ2n) is 11.4. The topological polar surface area (TPSA) is 56.2 Å². The van der Waals surface area contributed by atoms with Crippen LogP contribution < -0.4 is 5.32 Å². The predicted octanol–water partition coefficient (Wildman–Crippen LogP) is 4.98. The minimum absolute atomic E-state index is 0.119. The number of carbonyl (C=O) groups is 1. The largest absolute Gasteiger partial charge is 0.373 e. The lowest BCUT2D eigenvalue weighted by Gasteiger charge is -2.53. The van der Waals surface area contributed by atoms with E-state index in [4.69, 9.17) is 4.74 Å². The first kappa shape index (κ1) is 21.7. The number of ether oxygens (including phenoxy) is 1. The summed E-state index contributed by atoms with van der Waals surface area (Å²) in [4.78, 5) is 12.8. The number of fused-ring (bicyclic) bond motifs is 1. The zero-order valence-corrected chi connectivity index (χ0v) is 19.9. The number of hydrogen-bond acceptors (Lipinski definition) is 3. The Morgan fingerprint density at radius 3 is 2.75 bits per heavy atom. The van der Waals surface area contributed by atoms with E-state index < -0.39 is 0 Å². The van der Waals surface area contributed by atoms with Crippen molar-refractivity contribution >= 4 is 5.91 Å². The smallest absolute Gasteiger partial charge is 0.220 e. The Hall–Kier alpha value is -2.14. The molecule has 1 aliphatic heterocycles. The van der Waals surface area contributed by atoms with Crippen LogP contribution in [0.15, 0.2) is 42.7 Å². The maximum atomic E-state index is 12.8. The molecule has 1 aromatic carbocycles. The molecule has 2 aliphatic carbocycles. The van der Waals surface area contributed by atoms with E-state index in [1.165, 1.54) is 24.0 Å². The van der Waals surface area contributed by atoms with Crippen molar-refractivity contribution in [3.8, 4) is 0 Å². The summed E-state index contributed by atoms with van der Waals surface area (Å²) in [5.41, 5.74) is 2.81. The molecule has 5 heteroatoms. The molecule has 5 atom stereocenters. The molecule has 2 heterocycles. The fourth-order valence-electron chi connectivity index (χ4n) is 7.10. The molecule has 2 aromatic rings. The van der Waals surface area contributed by atoms with Crippen molar-refractivity contribution in [2.75, 3.05) is 6.61 Å². The number of carbonyl (C=O) groups excluding carboxylic acids is 1. The first-order chi connectivity index (χ1) is 15.3. The normalized spacial score (nSPS) is 32.8. The third kappa shape index (κ3) is 3.59. The average Bonchev–Trinajstić information content (AvgIpc) is 3.43. The number of nitrogens with zero attached hydrogens (tertiary/aromatic N) is 2. The Morgan fingerprint density at radius 2 is 2.06 bits per heavy atom. The van der Waals surface area contributed by atoms with Gasteiger partial charge in [0.2, 0.25) is 5.91 Å². The minimum Gasteiger partial charge on any atom is -0.373 e. The van der Waals surface area contributed by atoms with E-state index in [-0.39, 0.29) is 28.9 Å². The van der Waals surface area contributed by atoms with Crippen LogP contribution in [0.4, 0.5) is 0 Å². The third-order valence-electron chi connectivity index (χ3n) is 8.62. The van der Waals surface area contributed by atoms with E-state index in [0.29, 0.717) is 24.2 Å². The van der Waals surface area contributed by atoms with Gasteiger partial charge in [-0.15, -0.1) is 0 Å². The molecule has 1 spiro atoms. The molecule has 5 rings (SSSR count). The van der Waals surface area contributed by atoms with Crippen LogP contribution >= 0.6 is 0 Å². The molecule has 1 unspecified atom stereocenters. The van der Waals surface area contributed by atoms with Gasteiger partial charge in [0, 0.05) is 31.5 Å². The zero-order valence-electron chi connectivity index (χ0n) is 19.9. The van der Waals surface area contributed by atoms with Crippen molar-refractivity contribution in [1.29, 1.82) is 0 Å². The molecule has 32 heavy (non-hydrogen) atoms. The Balaban J connectivity index is 1.38. The van der Waals surface area contributed by atoms with Gasteiger partial charge < -0.3 is 10.1 Å². The van der Waals surface area contributed by atoms with Gasteiger partial charge in [-0.05, 0) is 65.0 Å². The zero-order chi connectivity index (χ0) is 22.5. The van der Waals surface area contributed by atoms with Gasteiger partial charge in [-0.25, -0.2) is 0 Å². The van der Waals surface area contributed by atoms with E-state index in [1.54, 1.807) is 0 Å².